The van der Waals surface area contributed by atoms with Crippen LogP contribution in [0.2, 0.25) is 0 Å². The van der Waals surface area contributed by atoms with E-state index in [1.165, 1.54) is 25.7 Å². The van der Waals surface area contributed by atoms with Crippen molar-refractivity contribution in [1.29, 1.82) is 0 Å². The van der Waals surface area contributed by atoms with Crippen LogP contribution in [0, 0.1) is 34.5 Å². The lowest BCUT2D eigenvalue weighted by Crippen LogP contribution is -2.52. The Morgan fingerprint density at radius 1 is 0.966 bits per heavy atom. The van der Waals surface area contributed by atoms with Gasteiger partial charge in [-0.05, 0) is 98.4 Å². The summed E-state index contributed by atoms with van der Waals surface area (Å²) >= 11 is 0. The van der Waals surface area contributed by atoms with E-state index in [2.05, 4.69) is 51.1 Å². The number of aliphatic hydroxyl groups excluding tert-OH is 1. The Hall–Kier alpha value is -1.12. The van der Waals surface area contributed by atoms with Gasteiger partial charge in [-0.2, -0.15) is 0 Å². The Morgan fingerprint density at radius 3 is 2.48 bits per heavy atom. The molecule has 0 amide bonds. The third-order valence-corrected chi connectivity index (χ3v) is 10.1. The van der Waals surface area contributed by atoms with E-state index in [-0.39, 0.29) is 11.5 Å². The molecule has 158 valence electrons. The van der Waals surface area contributed by atoms with Crippen LogP contribution in [0.3, 0.4) is 0 Å². The van der Waals surface area contributed by atoms with Crippen LogP contribution in [0.1, 0.15) is 77.7 Å². The van der Waals surface area contributed by atoms with Crippen LogP contribution in [0.4, 0.5) is 0 Å². The standard InChI is InChI=1S/C27H38O2/c1-25-15-13-20(28)17-19(25)9-10-21-22-11-12-24(26(22,2)16-14-23(21)25)27(3,29)18-7-5-4-6-8-18/h4-9,20-24,28-29H,10-17H2,1-3H3/t20?,21-,22-,23-,24-,25-,26-,27-/m0/s1. The predicted molar refractivity (Wildman–Crippen MR) is 117 cm³/mol. The summed E-state index contributed by atoms with van der Waals surface area (Å²) in [4.78, 5) is 0. The van der Waals surface area contributed by atoms with Crippen LogP contribution in [-0.2, 0) is 5.60 Å². The number of fused-ring (bicyclic) bond motifs is 5. The molecule has 5 rings (SSSR count). The zero-order valence-electron chi connectivity index (χ0n) is 18.4. The van der Waals surface area contributed by atoms with Crippen LogP contribution in [0.25, 0.3) is 0 Å². The second kappa shape index (κ2) is 6.69. The number of rotatable bonds is 2. The zero-order chi connectivity index (χ0) is 20.4. The molecule has 2 N–H and O–H groups in total. The molecule has 1 aromatic carbocycles. The highest BCUT2D eigenvalue weighted by molar-refractivity contribution is 5.28. The molecular formula is C27H38O2. The van der Waals surface area contributed by atoms with Gasteiger partial charge in [0, 0.05) is 0 Å². The summed E-state index contributed by atoms with van der Waals surface area (Å²) in [6, 6.07) is 10.4. The maximum atomic E-state index is 11.7. The zero-order valence-corrected chi connectivity index (χ0v) is 18.4. The highest BCUT2D eigenvalue weighted by atomic mass is 16.3. The van der Waals surface area contributed by atoms with Crippen LogP contribution in [0.15, 0.2) is 42.0 Å². The fraction of sp³-hybridized carbons (Fsp3) is 0.704. The van der Waals surface area contributed by atoms with Gasteiger partial charge < -0.3 is 10.2 Å². The number of hydrogen-bond acceptors (Lipinski definition) is 2. The quantitative estimate of drug-likeness (QED) is 0.619. The van der Waals surface area contributed by atoms with Gasteiger partial charge >= 0.3 is 0 Å². The normalized spacial score (nSPS) is 46.1. The summed E-state index contributed by atoms with van der Waals surface area (Å²) in [5, 5.41) is 21.9. The van der Waals surface area contributed by atoms with Gasteiger partial charge in [0.2, 0.25) is 0 Å². The Morgan fingerprint density at radius 2 is 1.72 bits per heavy atom. The summed E-state index contributed by atoms with van der Waals surface area (Å²) < 4.78 is 0. The van der Waals surface area contributed by atoms with E-state index in [9.17, 15) is 10.2 Å². The van der Waals surface area contributed by atoms with Gasteiger partial charge in [0.1, 0.15) is 0 Å². The molecule has 0 bridgehead atoms. The van der Waals surface area contributed by atoms with Crippen molar-refractivity contribution in [3.05, 3.63) is 47.5 Å². The highest BCUT2D eigenvalue weighted by Crippen LogP contribution is 2.68. The van der Waals surface area contributed by atoms with Gasteiger partial charge in [-0.3, -0.25) is 0 Å². The molecule has 2 nitrogen and oxygen atoms in total. The maximum Gasteiger partial charge on any atom is 0.0901 e. The van der Waals surface area contributed by atoms with Gasteiger partial charge in [0.25, 0.3) is 0 Å². The summed E-state index contributed by atoms with van der Waals surface area (Å²) in [7, 11) is 0. The third kappa shape index (κ3) is 2.82. The Kier molecular flexibility index (Phi) is 4.57. The number of allylic oxidation sites excluding steroid dienone is 1. The molecule has 0 aromatic heterocycles. The summed E-state index contributed by atoms with van der Waals surface area (Å²) in [5.41, 5.74) is 2.38. The lowest BCUT2D eigenvalue weighted by Gasteiger charge is -2.59. The summed E-state index contributed by atoms with van der Waals surface area (Å²) in [6.45, 7) is 7.06. The molecule has 29 heavy (non-hydrogen) atoms. The first kappa shape index (κ1) is 19.8. The minimum Gasteiger partial charge on any atom is -0.393 e. The Labute approximate surface area is 176 Å². The molecule has 0 spiro atoms. The summed E-state index contributed by atoms with van der Waals surface area (Å²) in [6.07, 6.45) is 11.5. The number of aliphatic hydroxyl groups is 2. The van der Waals surface area contributed by atoms with E-state index < -0.39 is 5.60 Å². The van der Waals surface area contributed by atoms with E-state index >= 15 is 0 Å². The topological polar surface area (TPSA) is 40.5 Å². The maximum absolute atomic E-state index is 11.7. The third-order valence-electron chi connectivity index (χ3n) is 10.1. The molecule has 8 atom stereocenters. The molecule has 1 unspecified atom stereocenters. The van der Waals surface area contributed by atoms with Crippen molar-refractivity contribution in [2.24, 2.45) is 34.5 Å². The molecule has 0 heterocycles. The first-order chi connectivity index (χ1) is 13.8. The minimum atomic E-state index is -0.758. The number of benzene rings is 1. The fourth-order valence-electron chi connectivity index (χ4n) is 8.54. The van der Waals surface area contributed by atoms with E-state index in [0.717, 1.165) is 43.1 Å². The monoisotopic (exact) mass is 394 g/mol. The molecule has 1 aromatic rings. The van der Waals surface area contributed by atoms with Crippen molar-refractivity contribution in [2.75, 3.05) is 0 Å². The molecule has 0 aliphatic heterocycles. The molecular weight excluding hydrogens is 356 g/mol. The predicted octanol–water partition coefficient (Wildman–Crippen LogP) is 5.83. The van der Waals surface area contributed by atoms with Crippen LogP contribution < -0.4 is 0 Å². The average Bonchev–Trinajstić information content (AvgIpc) is 3.07. The largest absolute Gasteiger partial charge is 0.393 e. The molecule has 0 saturated heterocycles. The van der Waals surface area contributed by atoms with Crippen molar-refractivity contribution < 1.29 is 10.2 Å². The Balaban J connectivity index is 1.46. The molecule has 2 heteroatoms. The van der Waals surface area contributed by atoms with E-state index in [4.69, 9.17) is 0 Å². The summed E-state index contributed by atoms with van der Waals surface area (Å²) in [5.74, 6) is 2.54. The van der Waals surface area contributed by atoms with E-state index in [1.54, 1.807) is 5.57 Å². The van der Waals surface area contributed by atoms with Gasteiger partial charge in [-0.25, -0.2) is 0 Å². The van der Waals surface area contributed by atoms with Gasteiger partial charge in [-0.1, -0.05) is 55.8 Å². The minimum absolute atomic E-state index is 0.128. The van der Waals surface area contributed by atoms with Gasteiger partial charge in [0.15, 0.2) is 0 Å². The highest BCUT2D eigenvalue weighted by Gasteiger charge is 2.61. The van der Waals surface area contributed by atoms with Gasteiger partial charge in [-0.15, -0.1) is 0 Å². The fourth-order valence-corrected chi connectivity index (χ4v) is 8.54. The van der Waals surface area contributed by atoms with Crippen molar-refractivity contribution in [3.8, 4) is 0 Å². The van der Waals surface area contributed by atoms with Crippen LogP contribution in [0.5, 0.6) is 0 Å². The van der Waals surface area contributed by atoms with Crippen molar-refractivity contribution in [3.63, 3.8) is 0 Å². The van der Waals surface area contributed by atoms with E-state index in [0.29, 0.717) is 17.3 Å². The first-order valence-corrected chi connectivity index (χ1v) is 11.9. The smallest absolute Gasteiger partial charge is 0.0901 e. The van der Waals surface area contributed by atoms with Crippen LogP contribution >= 0.6 is 0 Å². The van der Waals surface area contributed by atoms with Crippen molar-refractivity contribution in [2.45, 2.75) is 83.8 Å². The molecule has 0 radical (unpaired) electrons. The van der Waals surface area contributed by atoms with Crippen LogP contribution in [-0.4, -0.2) is 16.3 Å². The molecule has 3 saturated carbocycles. The van der Waals surface area contributed by atoms with Gasteiger partial charge in [0.05, 0.1) is 11.7 Å². The first-order valence-electron chi connectivity index (χ1n) is 11.9. The van der Waals surface area contributed by atoms with E-state index in [1.807, 2.05) is 6.07 Å². The lowest BCUT2D eigenvalue weighted by molar-refractivity contribution is -0.105. The Bertz CT molecular complexity index is 796. The molecule has 3 fully saturated rings. The molecule has 4 aliphatic rings. The van der Waals surface area contributed by atoms with Crippen molar-refractivity contribution >= 4 is 0 Å². The average molecular weight is 395 g/mol. The second-order valence-electron chi connectivity index (χ2n) is 11.3. The number of hydrogen-bond donors (Lipinski definition) is 2. The van der Waals surface area contributed by atoms with Crippen molar-refractivity contribution in [1.82, 2.24) is 0 Å². The molecule has 4 aliphatic carbocycles. The second-order valence-corrected chi connectivity index (χ2v) is 11.3. The SMILES string of the molecule is C[C@]12CC[C@H]3[C@@H](CC=C4CC(O)CC[C@@]43C)[C@@H]1CC[C@@H]2[C@@](C)(O)c1ccccc1. The lowest BCUT2D eigenvalue weighted by atomic mass is 9.46.